The Morgan fingerprint density at radius 3 is 2.67 bits per heavy atom. The molecule has 0 unspecified atom stereocenters. The molecule has 66 valence electrons. The zero-order valence-corrected chi connectivity index (χ0v) is 8.93. The van der Waals surface area contributed by atoms with Gasteiger partial charge >= 0.3 is 0 Å². The largest absolute Gasteiger partial charge is 0.393 e. The molecule has 0 aliphatic carbocycles. The second-order valence-electron chi connectivity index (χ2n) is 3.14. The van der Waals surface area contributed by atoms with Crippen molar-refractivity contribution in [3.63, 3.8) is 0 Å². The average Bonchev–Trinajstić information content (AvgIpc) is 1.96. The molecule has 0 saturated heterocycles. The molecule has 0 radical (unpaired) electrons. The summed E-state index contributed by atoms with van der Waals surface area (Å²) in [7, 11) is 0. The van der Waals surface area contributed by atoms with E-state index in [1.807, 2.05) is 6.07 Å². The van der Waals surface area contributed by atoms with Gasteiger partial charge in [-0.05, 0) is 37.5 Å². The van der Waals surface area contributed by atoms with Crippen LogP contribution in [0.2, 0.25) is 0 Å². The van der Waals surface area contributed by atoms with Crippen LogP contribution in [-0.4, -0.2) is 11.2 Å². The first-order valence-electron chi connectivity index (χ1n) is 4.02. The van der Waals surface area contributed by atoms with Gasteiger partial charge in [0.15, 0.2) is 0 Å². The highest BCUT2D eigenvalue weighted by molar-refractivity contribution is 9.10. The van der Waals surface area contributed by atoms with Crippen molar-refractivity contribution >= 4 is 15.9 Å². The van der Waals surface area contributed by atoms with Crippen molar-refractivity contribution in [1.82, 2.24) is 0 Å². The van der Waals surface area contributed by atoms with Crippen LogP contribution in [0.4, 0.5) is 0 Å². The van der Waals surface area contributed by atoms with E-state index in [1.165, 1.54) is 11.1 Å². The number of hydrogen-bond donors (Lipinski definition) is 1. The van der Waals surface area contributed by atoms with Crippen LogP contribution in [-0.2, 0) is 6.42 Å². The summed E-state index contributed by atoms with van der Waals surface area (Å²) in [6.07, 6.45) is 0.457. The van der Waals surface area contributed by atoms with Crippen LogP contribution in [0, 0.1) is 6.92 Å². The molecule has 0 aromatic heterocycles. The molecule has 0 spiro atoms. The summed E-state index contributed by atoms with van der Waals surface area (Å²) in [6, 6.07) is 6.16. The van der Waals surface area contributed by atoms with E-state index in [1.54, 1.807) is 6.92 Å². The van der Waals surface area contributed by atoms with Crippen molar-refractivity contribution in [2.75, 3.05) is 0 Å². The normalized spacial score (nSPS) is 13.0. The number of aliphatic hydroxyl groups is 1. The van der Waals surface area contributed by atoms with Crippen LogP contribution in [0.25, 0.3) is 0 Å². The minimum Gasteiger partial charge on any atom is -0.393 e. The number of aliphatic hydroxyl groups excluding tert-OH is 1. The lowest BCUT2D eigenvalue weighted by Crippen LogP contribution is -2.03. The lowest BCUT2D eigenvalue weighted by atomic mass is 10.1. The van der Waals surface area contributed by atoms with E-state index < -0.39 is 0 Å². The van der Waals surface area contributed by atoms with Crippen molar-refractivity contribution in [2.45, 2.75) is 26.4 Å². The molecule has 1 nitrogen and oxygen atoms in total. The monoisotopic (exact) mass is 228 g/mol. The van der Waals surface area contributed by atoms with E-state index >= 15 is 0 Å². The van der Waals surface area contributed by atoms with Gasteiger partial charge < -0.3 is 5.11 Å². The molecular weight excluding hydrogens is 216 g/mol. The predicted octanol–water partition coefficient (Wildman–Crippen LogP) is 2.68. The van der Waals surface area contributed by atoms with Crippen molar-refractivity contribution in [3.8, 4) is 0 Å². The van der Waals surface area contributed by atoms with Crippen molar-refractivity contribution in [2.24, 2.45) is 0 Å². The fourth-order valence-electron chi connectivity index (χ4n) is 1.10. The Morgan fingerprint density at radius 1 is 1.50 bits per heavy atom. The summed E-state index contributed by atoms with van der Waals surface area (Å²) in [6.45, 7) is 3.85. The minimum atomic E-state index is -0.264. The van der Waals surface area contributed by atoms with Crippen LogP contribution in [0.15, 0.2) is 22.7 Å². The fraction of sp³-hybridized carbons (Fsp3) is 0.400. The maximum absolute atomic E-state index is 9.15. The highest BCUT2D eigenvalue weighted by Gasteiger charge is 2.00. The molecule has 1 rings (SSSR count). The van der Waals surface area contributed by atoms with Gasteiger partial charge in [-0.1, -0.05) is 28.1 Å². The lowest BCUT2D eigenvalue weighted by Gasteiger charge is -2.05. The van der Waals surface area contributed by atoms with Gasteiger partial charge in [0.1, 0.15) is 0 Å². The molecule has 0 saturated carbocycles. The van der Waals surface area contributed by atoms with Gasteiger partial charge in [-0.15, -0.1) is 0 Å². The summed E-state index contributed by atoms with van der Waals surface area (Å²) in [5, 5.41) is 9.15. The summed E-state index contributed by atoms with van der Waals surface area (Å²) in [5.41, 5.74) is 2.40. The Labute approximate surface area is 81.6 Å². The number of aryl methyl sites for hydroxylation is 1. The van der Waals surface area contributed by atoms with E-state index in [0.717, 1.165) is 10.9 Å². The first kappa shape index (κ1) is 9.75. The van der Waals surface area contributed by atoms with Gasteiger partial charge in [-0.25, -0.2) is 0 Å². The maximum atomic E-state index is 9.15. The first-order valence-corrected chi connectivity index (χ1v) is 4.82. The summed E-state index contributed by atoms with van der Waals surface area (Å²) in [4.78, 5) is 0. The van der Waals surface area contributed by atoms with E-state index in [-0.39, 0.29) is 6.10 Å². The van der Waals surface area contributed by atoms with Gasteiger partial charge in [-0.2, -0.15) is 0 Å². The zero-order valence-electron chi connectivity index (χ0n) is 7.34. The number of rotatable bonds is 2. The second kappa shape index (κ2) is 4.06. The fourth-order valence-corrected chi connectivity index (χ4v) is 1.53. The van der Waals surface area contributed by atoms with E-state index in [4.69, 9.17) is 5.11 Å². The Morgan fingerprint density at radius 2 is 2.17 bits per heavy atom. The second-order valence-corrected chi connectivity index (χ2v) is 3.99. The smallest absolute Gasteiger partial charge is 0.0552 e. The third-order valence-corrected chi connectivity index (χ3v) is 2.62. The van der Waals surface area contributed by atoms with E-state index in [9.17, 15) is 0 Å². The molecule has 0 amide bonds. The molecule has 1 aromatic carbocycles. The molecule has 1 aromatic rings. The molecule has 2 heteroatoms. The molecule has 1 N–H and O–H groups in total. The molecule has 0 fully saturated rings. The molecule has 12 heavy (non-hydrogen) atoms. The Kier molecular flexibility index (Phi) is 3.29. The topological polar surface area (TPSA) is 20.2 Å². The molecule has 1 atom stereocenters. The van der Waals surface area contributed by atoms with Gasteiger partial charge in [0.2, 0.25) is 0 Å². The Hall–Kier alpha value is -0.340. The van der Waals surface area contributed by atoms with E-state index in [0.29, 0.717) is 0 Å². The highest BCUT2D eigenvalue weighted by Crippen LogP contribution is 2.18. The summed E-state index contributed by atoms with van der Waals surface area (Å²) >= 11 is 3.45. The van der Waals surface area contributed by atoms with Crippen LogP contribution in [0.3, 0.4) is 0 Å². The molecule has 0 aliphatic rings. The van der Waals surface area contributed by atoms with Crippen LogP contribution in [0.1, 0.15) is 18.1 Å². The summed E-state index contributed by atoms with van der Waals surface area (Å²) < 4.78 is 1.11. The van der Waals surface area contributed by atoms with Gasteiger partial charge in [0, 0.05) is 4.47 Å². The summed E-state index contributed by atoms with van der Waals surface area (Å²) in [5.74, 6) is 0. The van der Waals surface area contributed by atoms with E-state index in [2.05, 4.69) is 35.0 Å². The Bertz CT molecular complexity index is 269. The standard InChI is InChI=1S/C10H13BrO/c1-7-3-4-9(5-8(2)12)6-10(7)11/h3-4,6,8,12H,5H2,1-2H3/t8-/m1/s1. The third-order valence-electron chi connectivity index (χ3n) is 1.77. The molecule has 0 heterocycles. The van der Waals surface area contributed by atoms with Crippen molar-refractivity contribution in [1.29, 1.82) is 0 Å². The average molecular weight is 229 g/mol. The van der Waals surface area contributed by atoms with Gasteiger partial charge in [0.05, 0.1) is 6.10 Å². The molecule has 0 aliphatic heterocycles. The quantitative estimate of drug-likeness (QED) is 0.826. The lowest BCUT2D eigenvalue weighted by molar-refractivity contribution is 0.195. The third kappa shape index (κ3) is 2.61. The highest BCUT2D eigenvalue weighted by atomic mass is 79.9. The van der Waals surface area contributed by atoms with Crippen LogP contribution < -0.4 is 0 Å². The number of benzene rings is 1. The number of hydrogen-bond acceptors (Lipinski definition) is 1. The minimum absolute atomic E-state index is 0.264. The number of halogens is 1. The van der Waals surface area contributed by atoms with Crippen LogP contribution in [0.5, 0.6) is 0 Å². The van der Waals surface area contributed by atoms with Gasteiger partial charge in [0.25, 0.3) is 0 Å². The molecule has 0 bridgehead atoms. The van der Waals surface area contributed by atoms with Gasteiger partial charge in [-0.3, -0.25) is 0 Å². The van der Waals surface area contributed by atoms with Crippen molar-refractivity contribution in [3.05, 3.63) is 33.8 Å². The Balaban J connectivity index is 2.82. The molecular formula is C10H13BrO. The van der Waals surface area contributed by atoms with Crippen molar-refractivity contribution < 1.29 is 5.11 Å². The SMILES string of the molecule is Cc1ccc(C[C@@H](C)O)cc1Br. The maximum Gasteiger partial charge on any atom is 0.0552 e. The zero-order chi connectivity index (χ0) is 9.14. The predicted molar refractivity (Wildman–Crippen MR) is 54.3 cm³/mol. The van der Waals surface area contributed by atoms with Crippen LogP contribution >= 0.6 is 15.9 Å². The first-order chi connectivity index (χ1) is 5.59.